The van der Waals surface area contributed by atoms with Gasteiger partial charge in [0.2, 0.25) is 5.91 Å². The van der Waals surface area contributed by atoms with Gasteiger partial charge in [-0.05, 0) is 31.1 Å². The third-order valence-corrected chi connectivity index (χ3v) is 5.25. The highest BCUT2D eigenvalue weighted by Gasteiger charge is 2.36. The molecule has 1 aliphatic carbocycles. The van der Waals surface area contributed by atoms with Gasteiger partial charge in [0, 0.05) is 12.6 Å². The monoisotopic (exact) mass is 254 g/mol. The van der Waals surface area contributed by atoms with E-state index in [0.717, 1.165) is 19.3 Å². The summed E-state index contributed by atoms with van der Waals surface area (Å²) >= 11 is 0. The molecule has 1 rings (SSSR count). The molecule has 0 bridgehead atoms. The molecule has 18 heavy (non-hydrogen) atoms. The summed E-state index contributed by atoms with van der Waals surface area (Å²) in [6, 6.07) is 0.338. The Kier molecular flexibility index (Phi) is 5.64. The van der Waals surface area contributed by atoms with Crippen LogP contribution in [-0.4, -0.2) is 18.5 Å². The van der Waals surface area contributed by atoms with Crippen LogP contribution in [0.15, 0.2) is 0 Å². The Balaban J connectivity index is 2.68. The van der Waals surface area contributed by atoms with E-state index in [-0.39, 0.29) is 11.3 Å². The zero-order chi connectivity index (χ0) is 13.8. The van der Waals surface area contributed by atoms with Crippen molar-refractivity contribution >= 4 is 5.91 Å². The molecule has 3 atom stereocenters. The Hall–Kier alpha value is -0.570. The topological polar surface area (TPSA) is 55.1 Å². The molecule has 106 valence electrons. The third-order valence-electron chi connectivity index (χ3n) is 5.25. The summed E-state index contributed by atoms with van der Waals surface area (Å²) < 4.78 is 0. The number of amides is 1. The maximum atomic E-state index is 12.5. The molecular weight excluding hydrogens is 224 g/mol. The summed E-state index contributed by atoms with van der Waals surface area (Å²) in [5.41, 5.74) is 5.48. The van der Waals surface area contributed by atoms with Crippen molar-refractivity contribution in [2.75, 3.05) is 6.54 Å². The standard InChI is InChI=1S/C15H30N2O/c1-5-15(6-2,10-16)14(18)17-13-9-7-8-11(3)12(13)4/h11-13H,5-10,16H2,1-4H3,(H,17,18). The molecule has 0 spiro atoms. The summed E-state index contributed by atoms with van der Waals surface area (Å²) in [6.07, 6.45) is 5.28. The highest BCUT2D eigenvalue weighted by Crippen LogP contribution is 2.31. The second-order valence-corrected chi connectivity index (χ2v) is 6.04. The molecule has 3 unspecified atom stereocenters. The first kappa shape index (κ1) is 15.5. The first-order chi connectivity index (χ1) is 8.50. The number of carbonyl (C=O) groups excluding carboxylic acids is 1. The fourth-order valence-electron chi connectivity index (χ4n) is 3.06. The average Bonchev–Trinajstić information content (AvgIpc) is 2.38. The third kappa shape index (κ3) is 3.05. The number of hydrogen-bond donors (Lipinski definition) is 2. The molecule has 0 saturated heterocycles. The van der Waals surface area contributed by atoms with Gasteiger partial charge in [-0.1, -0.05) is 40.5 Å². The fourth-order valence-corrected chi connectivity index (χ4v) is 3.06. The van der Waals surface area contributed by atoms with Crippen molar-refractivity contribution in [2.24, 2.45) is 23.0 Å². The van der Waals surface area contributed by atoms with Gasteiger partial charge in [-0.2, -0.15) is 0 Å². The molecule has 3 nitrogen and oxygen atoms in total. The molecule has 0 heterocycles. The fraction of sp³-hybridized carbons (Fsp3) is 0.933. The van der Waals surface area contributed by atoms with Crippen LogP contribution in [-0.2, 0) is 4.79 Å². The van der Waals surface area contributed by atoms with E-state index in [1.165, 1.54) is 12.8 Å². The van der Waals surface area contributed by atoms with Gasteiger partial charge in [-0.25, -0.2) is 0 Å². The van der Waals surface area contributed by atoms with Crippen LogP contribution in [0.3, 0.4) is 0 Å². The maximum Gasteiger partial charge on any atom is 0.227 e. The highest BCUT2D eigenvalue weighted by atomic mass is 16.2. The van der Waals surface area contributed by atoms with Gasteiger partial charge in [0.15, 0.2) is 0 Å². The van der Waals surface area contributed by atoms with Crippen molar-refractivity contribution in [2.45, 2.75) is 65.8 Å². The van der Waals surface area contributed by atoms with Gasteiger partial charge in [-0.15, -0.1) is 0 Å². The lowest BCUT2D eigenvalue weighted by Crippen LogP contribution is -2.52. The molecule has 0 aromatic carbocycles. The molecule has 0 aromatic rings. The van der Waals surface area contributed by atoms with Crippen LogP contribution >= 0.6 is 0 Å². The van der Waals surface area contributed by atoms with Crippen LogP contribution in [0, 0.1) is 17.3 Å². The Morgan fingerprint density at radius 2 is 1.89 bits per heavy atom. The summed E-state index contributed by atoms with van der Waals surface area (Å²) in [4.78, 5) is 12.5. The first-order valence-corrected chi connectivity index (χ1v) is 7.51. The van der Waals surface area contributed by atoms with Crippen molar-refractivity contribution in [3.63, 3.8) is 0 Å². The largest absolute Gasteiger partial charge is 0.353 e. The van der Waals surface area contributed by atoms with E-state index in [0.29, 0.717) is 24.4 Å². The molecule has 0 aliphatic heterocycles. The lowest BCUT2D eigenvalue weighted by atomic mass is 9.76. The minimum atomic E-state index is -0.361. The van der Waals surface area contributed by atoms with E-state index in [1.54, 1.807) is 0 Å². The van der Waals surface area contributed by atoms with Crippen molar-refractivity contribution in [3.8, 4) is 0 Å². The molecular formula is C15H30N2O. The summed E-state index contributed by atoms with van der Waals surface area (Å²) in [7, 11) is 0. The van der Waals surface area contributed by atoms with Crippen molar-refractivity contribution in [3.05, 3.63) is 0 Å². The van der Waals surface area contributed by atoms with E-state index < -0.39 is 0 Å². The van der Waals surface area contributed by atoms with E-state index in [2.05, 4.69) is 33.0 Å². The Morgan fingerprint density at radius 1 is 1.28 bits per heavy atom. The molecule has 1 fully saturated rings. The van der Waals surface area contributed by atoms with Crippen molar-refractivity contribution in [1.82, 2.24) is 5.32 Å². The molecule has 1 saturated carbocycles. The zero-order valence-electron chi connectivity index (χ0n) is 12.5. The zero-order valence-corrected chi connectivity index (χ0v) is 12.5. The van der Waals surface area contributed by atoms with Crippen LogP contribution in [0.5, 0.6) is 0 Å². The number of hydrogen-bond acceptors (Lipinski definition) is 2. The van der Waals surface area contributed by atoms with Gasteiger partial charge >= 0.3 is 0 Å². The van der Waals surface area contributed by atoms with E-state index in [1.807, 2.05) is 0 Å². The number of nitrogens with two attached hydrogens (primary N) is 1. The summed E-state index contributed by atoms with van der Waals surface area (Å²) in [5.74, 6) is 1.45. The Bertz CT molecular complexity index is 265. The molecule has 1 amide bonds. The normalized spacial score (nSPS) is 29.1. The Labute approximate surface area is 112 Å². The lowest BCUT2D eigenvalue weighted by Gasteiger charge is -2.38. The van der Waals surface area contributed by atoms with Crippen LogP contribution < -0.4 is 11.1 Å². The average molecular weight is 254 g/mol. The number of nitrogens with one attached hydrogen (secondary N) is 1. The Morgan fingerprint density at radius 3 is 2.39 bits per heavy atom. The summed E-state index contributed by atoms with van der Waals surface area (Å²) in [5, 5.41) is 3.27. The summed E-state index contributed by atoms with van der Waals surface area (Å²) in [6.45, 7) is 9.11. The first-order valence-electron chi connectivity index (χ1n) is 7.51. The smallest absolute Gasteiger partial charge is 0.227 e. The van der Waals surface area contributed by atoms with Crippen molar-refractivity contribution < 1.29 is 4.79 Å². The number of rotatable bonds is 5. The lowest BCUT2D eigenvalue weighted by molar-refractivity contribution is -0.132. The minimum Gasteiger partial charge on any atom is -0.353 e. The van der Waals surface area contributed by atoms with Crippen LogP contribution in [0.2, 0.25) is 0 Å². The predicted octanol–water partition coefficient (Wildman–Crippen LogP) is 2.69. The minimum absolute atomic E-state index is 0.168. The van der Waals surface area contributed by atoms with Gasteiger partial charge < -0.3 is 11.1 Å². The highest BCUT2D eigenvalue weighted by molar-refractivity contribution is 5.83. The number of carbonyl (C=O) groups is 1. The molecule has 0 radical (unpaired) electrons. The SMILES string of the molecule is CCC(CC)(CN)C(=O)NC1CCCC(C)C1C. The van der Waals surface area contributed by atoms with Gasteiger partial charge in [0.05, 0.1) is 5.41 Å². The molecule has 3 N–H and O–H groups in total. The van der Waals surface area contributed by atoms with Crippen molar-refractivity contribution in [1.29, 1.82) is 0 Å². The maximum absolute atomic E-state index is 12.5. The van der Waals surface area contributed by atoms with Gasteiger partial charge in [-0.3, -0.25) is 4.79 Å². The molecule has 3 heteroatoms. The molecule has 1 aliphatic rings. The predicted molar refractivity (Wildman–Crippen MR) is 76.2 cm³/mol. The van der Waals surface area contributed by atoms with Gasteiger partial charge in [0.1, 0.15) is 0 Å². The van der Waals surface area contributed by atoms with Crippen LogP contribution in [0.25, 0.3) is 0 Å². The molecule has 0 aromatic heterocycles. The van der Waals surface area contributed by atoms with Crippen LogP contribution in [0.4, 0.5) is 0 Å². The second-order valence-electron chi connectivity index (χ2n) is 6.04. The quantitative estimate of drug-likeness (QED) is 0.792. The van der Waals surface area contributed by atoms with E-state index >= 15 is 0 Å². The van der Waals surface area contributed by atoms with Gasteiger partial charge in [0.25, 0.3) is 0 Å². The second kappa shape index (κ2) is 6.55. The van der Waals surface area contributed by atoms with Crippen LogP contribution in [0.1, 0.15) is 59.8 Å². The van der Waals surface area contributed by atoms with E-state index in [9.17, 15) is 4.79 Å². The van der Waals surface area contributed by atoms with E-state index in [4.69, 9.17) is 5.73 Å².